The summed E-state index contributed by atoms with van der Waals surface area (Å²) in [5, 5.41) is 11.7. The zero-order chi connectivity index (χ0) is 11.0. The van der Waals surface area contributed by atoms with E-state index in [9.17, 15) is 4.79 Å². The number of rotatable bonds is 7. The summed E-state index contributed by atoms with van der Waals surface area (Å²) in [7, 11) is 0. The van der Waals surface area contributed by atoms with Crippen LogP contribution >= 0.6 is 11.8 Å². The summed E-state index contributed by atoms with van der Waals surface area (Å²) in [5.41, 5.74) is -0.0102. The van der Waals surface area contributed by atoms with Gasteiger partial charge in [0.2, 0.25) is 5.91 Å². The van der Waals surface area contributed by atoms with Crippen LogP contribution in [0, 0.1) is 5.41 Å². The molecule has 0 saturated carbocycles. The molecule has 0 aromatic carbocycles. The lowest BCUT2D eigenvalue weighted by molar-refractivity contribution is -0.121. The number of hydrogen-bond acceptors (Lipinski definition) is 3. The van der Waals surface area contributed by atoms with Crippen LogP contribution in [0.5, 0.6) is 0 Å². The highest BCUT2D eigenvalue weighted by Gasteiger charge is 2.17. The van der Waals surface area contributed by atoms with Crippen molar-refractivity contribution in [2.75, 3.05) is 25.2 Å². The Balaban J connectivity index is 3.64. The first kappa shape index (κ1) is 13.8. The molecule has 0 unspecified atom stereocenters. The maximum atomic E-state index is 11.3. The maximum Gasteiger partial charge on any atom is 0.220 e. The van der Waals surface area contributed by atoms with Crippen LogP contribution < -0.4 is 5.32 Å². The van der Waals surface area contributed by atoms with E-state index in [0.29, 0.717) is 13.0 Å². The molecule has 4 heteroatoms. The summed E-state index contributed by atoms with van der Waals surface area (Å²) in [6.45, 7) is 4.89. The van der Waals surface area contributed by atoms with Crippen molar-refractivity contribution in [2.24, 2.45) is 5.41 Å². The molecular formula is C10H21NO2S. The number of amides is 1. The Hall–Kier alpha value is -0.220. The zero-order valence-corrected chi connectivity index (χ0v) is 10.1. The Kier molecular flexibility index (Phi) is 7.01. The molecule has 0 fully saturated rings. The highest BCUT2D eigenvalue weighted by molar-refractivity contribution is 7.98. The molecule has 0 atom stereocenters. The highest BCUT2D eigenvalue weighted by Crippen LogP contribution is 2.17. The highest BCUT2D eigenvalue weighted by atomic mass is 32.2. The van der Waals surface area contributed by atoms with E-state index < -0.39 is 0 Å². The summed E-state index contributed by atoms with van der Waals surface area (Å²) in [4.78, 5) is 11.3. The molecule has 0 bridgehead atoms. The number of nitrogens with one attached hydrogen (secondary N) is 1. The number of aliphatic hydroxyl groups excluding tert-OH is 1. The Morgan fingerprint density at radius 1 is 1.50 bits per heavy atom. The van der Waals surface area contributed by atoms with Gasteiger partial charge in [0.15, 0.2) is 0 Å². The lowest BCUT2D eigenvalue weighted by atomic mass is 9.90. The van der Waals surface area contributed by atoms with E-state index in [0.717, 1.165) is 12.2 Å². The maximum absolute atomic E-state index is 11.3. The standard InChI is InChI=1S/C10H21NO2S/c1-10(2,5-6-12)8-11-9(13)4-7-14-3/h12H,4-8H2,1-3H3,(H,11,13). The summed E-state index contributed by atoms with van der Waals surface area (Å²) in [5.74, 6) is 0.970. The van der Waals surface area contributed by atoms with E-state index in [-0.39, 0.29) is 17.9 Å². The number of carbonyl (C=O) groups excluding carboxylic acids is 1. The molecule has 2 N–H and O–H groups in total. The molecule has 0 aliphatic heterocycles. The van der Waals surface area contributed by atoms with Crippen molar-refractivity contribution in [1.29, 1.82) is 0 Å². The minimum Gasteiger partial charge on any atom is -0.396 e. The van der Waals surface area contributed by atoms with Gasteiger partial charge in [0.05, 0.1) is 0 Å². The van der Waals surface area contributed by atoms with Gasteiger partial charge in [0.25, 0.3) is 0 Å². The third-order valence-electron chi connectivity index (χ3n) is 2.09. The van der Waals surface area contributed by atoms with E-state index in [1.807, 2.05) is 20.1 Å². The molecular weight excluding hydrogens is 198 g/mol. The molecule has 0 aliphatic rings. The van der Waals surface area contributed by atoms with Crippen LogP contribution in [0.25, 0.3) is 0 Å². The summed E-state index contributed by atoms with van der Waals surface area (Å²) in [6, 6.07) is 0. The average molecular weight is 219 g/mol. The van der Waals surface area contributed by atoms with Crippen molar-refractivity contribution in [3.8, 4) is 0 Å². The molecule has 0 aromatic heterocycles. The Morgan fingerprint density at radius 3 is 2.64 bits per heavy atom. The number of hydrogen-bond donors (Lipinski definition) is 2. The molecule has 84 valence electrons. The van der Waals surface area contributed by atoms with E-state index >= 15 is 0 Å². The molecule has 3 nitrogen and oxygen atoms in total. The Morgan fingerprint density at radius 2 is 2.14 bits per heavy atom. The SMILES string of the molecule is CSCCC(=O)NCC(C)(C)CCO. The minimum absolute atomic E-state index is 0.0102. The fourth-order valence-corrected chi connectivity index (χ4v) is 1.40. The fraction of sp³-hybridized carbons (Fsp3) is 0.900. The number of carbonyl (C=O) groups is 1. The second kappa shape index (κ2) is 7.12. The molecule has 0 radical (unpaired) electrons. The van der Waals surface area contributed by atoms with Crippen LogP contribution in [0.2, 0.25) is 0 Å². The molecule has 0 aliphatic carbocycles. The van der Waals surface area contributed by atoms with Crippen LogP contribution in [0.3, 0.4) is 0 Å². The first-order chi connectivity index (χ1) is 6.52. The quantitative estimate of drug-likeness (QED) is 0.678. The van der Waals surface area contributed by atoms with Crippen molar-refractivity contribution >= 4 is 17.7 Å². The van der Waals surface area contributed by atoms with Gasteiger partial charge in [0, 0.05) is 25.3 Å². The second-order valence-electron chi connectivity index (χ2n) is 4.16. The zero-order valence-electron chi connectivity index (χ0n) is 9.30. The van der Waals surface area contributed by atoms with Crippen molar-refractivity contribution in [2.45, 2.75) is 26.7 Å². The molecule has 0 saturated heterocycles. The van der Waals surface area contributed by atoms with Crippen molar-refractivity contribution in [1.82, 2.24) is 5.32 Å². The van der Waals surface area contributed by atoms with E-state index in [1.54, 1.807) is 11.8 Å². The van der Waals surface area contributed by atoms with Gasteiger partial charge in [-0.3, -0.25) is 4.79 Å². The number of aliphatic hydroxyl groups is 1. The monoisotopic (exact) mass is 219 g/mol. The molecule has 1 amide bonds. The number of thioether (sulfide) groups is 1. The van der Waals surface area contributed by atoms with E-state index in [2.05, 4.69) is 5.32 Å². The largest absolute Gasteiger partial charge is 0.396 e. The lowest BCUT2D eigenvalue weighted by Crippen LogP contribution is -2.34. The third kappa shape index (κ3) is 7.21. The van der Waals surface area contributed by atoms with Gasteiger partial charge in [0.1, 0.15) is 0 Å². The second-order valence-corrected chi connectivity index (χ2v) is 5.14. The van der Waals surface area contributed by atoms with Gasteiger partial charge in [-0.15, -0.1) is 0 Å². The molecule has 0 rings (SSSR count). The van der Waals surface area contributed by atoms with Crippen LogP contribution in [-0.4, -0.2) is 36.2 Å². The topological polar surface area (TPSA) is 49.3 Å². The Bertz CT molecular complexity index is 172. The van der Waals surface area contributed by atoms with E-state index in [4.69, 9.17) is 5.11 Å². The predicted octanol–water partition coefficient (Wildman–Crippen LogP) is 1.26. The van der Waals surface area contributed by atoms with Crippen molar-refractivity contribution in [3.63, 3.8) is 0 Å². The van der Waals surface area contributed by atoms with Crippen LogP contribution in [0.15, 0.2) is 0 Å². The van der Waals surface area contributed by atoms with Gasteiger partial charge in [-0.05, 0) is 18.1 Å². The molecule has 0 heterocycles. The fourth-order valence-electron chi connectivity index (χ4n) is 1.01. The van der Waals surface area contributed by atoms with Crippen LogP contribution in [0.4, 0.5) is 0 Å². The van der Waals surface area contributed by atoms with Crippen LogP contribution in [0.1, 0.15) is 26.7 Å². The van der Waals surface area contributed by atoms with Gasteiger partial charge in [-0.1, -0.05) is 13.8 Å². The summed E-state index contributed by atoms with van der Waals surface area (Å²) in [6.07, 6.45) is 3.29. The first-order valence-electron chi connectivity index (χ1n) is 4.88. The summed E-state index contributed by atoms with van der Waals surface area (Å²) < 4.78 is 0. The van der Waals surface area contributed by atoms with Gasteiger partial charge in [-0.25, -0.2) is 0 Å². The lowest BCUT2D eigenvalue weighted by Gasteiger charge is -2.23. The molecule has 0 spiro atoms. The van der Waals surface area contributed by atoms with Gasteiger partial charge >= 0.3 is 0 Å². The Labute approximate surface area is 90.7 Å². The first-order valence-corrected chi connectivity index (χ1v) is 6.28. The third-order valence-corrected chi connectivity index (χ3v) is 2.70. The van der Waals surface area contributed by atoms with Gasteiger partial charge < -0.3 is 10.4 Å². The molecule has 0 aromatic rings. The predicted molar refractivity (Wildman–Crippen MR) is 61.5 cm³/mol. The van der Waals surface area contributed by atoms with Crippen LogP contribution in [-0.2, 0) is 4.79 Å². The normalized spacial score (nSPS) is 11.4. The van der Waals surface area contributed by atoms with Gasteiger partial charge in [-0.2, -0.15) is 11.8 Å². The minimum atomic E-state index is -0.0102. The molecule has 14 heavy (non-hydrogen) atoms. The summed E-state index contributed by atoms with van der Waals surface area (Å²) >= 11 is 1.67. The average Bonchev–Trinajstić information content (AvgIpc) is 2.11. The van der Waals surface area contributed by atoms with Crippen molar-refractivity contribution in [3.05, 3.63) is 0 Å². The van der Waals surface area contributed by atoms with Crippen molar-refractivity contribution < 1.29 is 9.90 Å². The van der Waals surface area contributed by atoms with E-state index in [1.165, 1.54) is 0 Å². The smallest absolute Gasteiger partial charge is 0.220 e.